The monoisotopic (exact) mass is 511 g/mol. The maximum absolute atomic E-state index is 14.9. The maximum atomic E-state index is 14.9. The number of aromatic nitrogens is 3. The molecular weight excluding hydrogens is 481 g/mol. The number of rotatable bonds is 8. The minimum atomic E-state index is -4.18. The lowest BCUT2D eigenvalue weighted by molar-refractivity contribution is -0.118. The van der Waals surface area contributed by atoms with Crippen LogP contribution in [0.4, 0.5) is 4.39 Å². The van der Waals surface area contributed by atoms with E-state index in [0.29, 0.717) is 29.5 Å². The third-order valence-electron chi connectivity index (χ3n) is 7.16. The summed E-state index contributed by atoms with van der Waals surface area (Å²) in [6.07, 6.45) is 7.00. The number of hydrogen-bond acceptors (Lipinski definition) is 6. The molecule has 36 heavy (non-hydrogen) atoms. The van der Waals surface area contributed by atoms with Crippen LogP contribution in [0.15, 0.2) is 41.7 Å². The van der Waals surface area contributed by atoms with E-state index in [4.69, 9.17) is 0 Å². The highest BCUT2D eigenvalue weighted by Gasteiger charge is 2.33. The quantitative estimate of drug-likeness (QED) is 0.497. The fourth-order valence-corrected chi connectivity index (χ4v) is 5.85. The molecule has 2 aliphatic carbocycles. The van der Waals surface area contributed by atoms with Crippen LogP contribution in [0.2, 0.25) is 0 Å². The molecule has 1 amide bonds. The summed E-state index contributed by atoms with van der Waals surface area (Å²) in [5, 5.41) is 4.21. The number of nitrogens with zero attached hydrogens (tertiary/aromatic N) is 4. The lowest BCUT2D eigenvalue weighted by Crippen LogP contribution is -2.32. The van der Waals surface area contributed by atoms with E-state index in [0.717, 1.165) is 36.1 Å². The molecule has 10 heteroatoms. The fourth-order valence-electron chi connectivity index (χ4n) is 4.90. The molecule has 1 atom stereocenters. The van der Waals surface area contributed by atoms with Crippen molar-refractivity contribution in [2.45, 2.75) is 62.6 Å². The van der Waals surface area contributed by atoms with Gasteiger partial charge in [-0.15, -0.1) is 0 Å². The first kappa shape index (κ1) is 24.6. The SMILES string of the molecule is CC(c1cc(S(=O)(=O)NC(=O)Cc2c(-c3ccncc3)cc(F)c3c2CCC3)nn1C1CC1)N(C)C. The first-order valence-electron chi connectivity index (χ1n) is 12.2. The van der Waals surface area contributed by atoms with E-state index in [9.17, 15) is 17.6 Å². The molecule has 5 rings (SSSR count). The number of carbonyl (C=O) groups is 1. The zero-order valence-electron chi connectivity index (χ0n) is 20.7. The molecule has 2 aliphatic rings. The predicted molar refractivity (Wildman–Crippen MR) is 133 cm³/mol. The average Bonchev–Trinajstić information content (AvgIpc) is 3.37. The topological polar surface area (TPSA) is 97.2 Å². The van der Waals surface area contributed by atoms with Gasteiger partial charge in [0.25, 0.3) is 10.0 Å². The van der Waals surface area contributed by atoms with Gasteiger partial charge in [0.2, 0.25) is 5.91 Å². The summed E-state index contributed by atoms with van der Waals surface area (Å²) in [5.41, 5.74) is 4.19. The van der Waals surface area contributed by atoms with E-state index in [1.54, 1.807) is 35.3 Å². The zero-order chi connectivity index (χ0) is 25.6. The van der Waals surface area contributed by atoms with Crippen molar-refractivity contribution in [2.75, 3.05) is 14.1 Å². The molecule has 1 N–H and O–H groups in total. The number of amides is 1. The van der Waals surface area contributed by atoms with Gasteiger partial charge in [-0.1, -0.05) is 0 Å². The first-order valence-corrected chi connectivity index (χ1v) is 13.7. The molecule has 0 radical (unpaired) electrons. The first-order chi connectivity index (χ1) is 17.2. The van der Waals surface area contributed by atoms with Crippen molar-refractivity contribution in [1.29, 1.82) is 0 Å². The Morgan fingerprint density at radius 1 is 1.19 bits per heavy atom. The molecule has 0 spiro atoms. The lowest BCUT2D eigenvalue weighted by atomic mass is 9.91. The maximum Gasteiger partial charge on any atom is 0.283 e. The normalized spacial score (nSPS) is 16.2. The molecule has 1 aromatic carbocycles. The number of pyridine rings is 1. The van der Waals surface area contributed by atoms with Crippen LogP contribution < -0.4 is 4.72 Å². The van der Waals surface area contributed by atoms with Crippen molar-refractivity contribution in [3.8, 4) is 11.1 Å². The van der Waals surface area contributed by atoms with Crippen molar-refractivity contribution < 1.29 is 17.6 Å². The molecule has 0 bridgehead atoms. The highest BCUT2D eigenvalue weighted by Crippen LogP contribution is 2.38. The van der Waals surface area contributed by atoms with Crippen LogP contribution in [0.1, 0.15) is 60.7 Å². The number of carbonyl (C=O) groups excluding carboxylic acids is 1. The molecule has 1 saturated carbocycles. The Balaban J connectivity index is 1.45. The number of nitrogens with one attached hydrogen (secondary N) is 1. The number of fused-ring (bicyclic) bond motifs is 1. The number of hydrogen-bond donors (Lipinski definition) is 1. The number of sulfonamides is 1. The van der Waals surface area contributed by atoms with Gasteiger partial charge in [-0.3, -0.25) is 14.5 Å². The van der Waals surface area contributed by atoms with E-state index in [1.807, 2.05) is 25.9 Å². The van der Waals surface area contributed by atoms with Gasteiger partial charge in [-0.05, 0) is 99.1 Å². The minimum Gasteiger partial charge on any atom is -0.301 e. The highest BCUT2D eigenvalue weighted by atomic mass is 32.2. The average molecular weight is 512 g/mol. The fraction of sp³-hybridized carbons (Fsp3) is 0.423. The van der Waals surface area contributed by atoms with Gasteiger partial charge in [-0.2, -0.15) is 13.5 Å². The smallest absolute Gasteiger partial charge is 0.283 e. The molecule has 1 fully saturated rings. The third kappa shape index (κ3) is 4.67. The summed E-state index contributed by atoms with van der Waals surface area (Å²) in [5.74, 6) is -0.964. The van der Waals surface area contributed by atoms with Crippen molar-refractivity contribution in [1.82, 2.24) is 24.4 Å². The second-order valence-electron chi connectivity index (χ2n) is 9.86. The van der Waals surface area contributed by atoms with Crippen LogP contribution in [0.5, 0.6) is 0 Å². The summed E-state index contributed by atoms with van der Waals surface area (Å²) < 4.78 is 45.2. The summed E-state index contributed by atoms with van der Waals surface area (Å²) in [7, 11) is -0.334. The molecule has 0 aliphatic heterocycles. The Hall–Kier alpha value is -3.11. The van der Waals surface area contributed by atoms with Crippen molar-refractivity contribution in [3.05, 3.63) is 64.9 Å². The standard InChI is InChI=1S/C26H30FN5O3S/c1-16(31(2)3)24-15-26(29-32(24)18-7-8-18)36(34,35)30-25(33)14-22-19-5-4-6-20(19)23(27)13-21(22)17-9-11-28-12-10-17/h9-13,15-16,18H,4-8,14H2,1-3H3,(H,30,33). The van der Waals surface area contributed by atoms with E-state index in [-0.39, 0.29) is 29.3 Å². The Labute approximate surface area is 210 Å². The molecular formula is C26H30FN5O3S. The number of halogens is 1. The molecule has 2 aromatic heterocycles. The molecule has 3 aromatic rings. The summed E-state index contributed by atoms with van der Waals surface area (Å²) in [6.45, 7) is 1.99. The van der Waals surface area contributed by atoms with Gasteiger partial charge < -0.3 is 4.90 Å². The minimum absolute atomic E-state index is 0.0394. The number of benzene rings is 1. The van der Waals surface area contributed by atoms with Crippen LogP contribution in [-0.4, -0.2) is 48.1 Å². The highest BCUT2D eigenvalue weighted by molar-refractivity contribution is 7.90. The van der Waals surface area contributed by atoms with Gasteiger partial charge in [-0.25, -0.2) is 9.11 Å². The van der Waals surface area contributed by atoms with Gasteiger partial charge >= 0.3 is 0 Å². The summed E-state index contributed by atoms with van der Waals surface area (Å²) in [4.78, 5) is 19.1. The van der Waals surface area contributed by atoms with Crippen LogP contribution in [0.3, 0.4) is 0 Å². The summed E-state index contributed by atoms with van der Waals surface area (Å²) >= 11 is 0. The van der Waals surface area contributed by atoms with Gasteiger partial charge in [0, 0.05) is 24.5 Å². The molecule has 0 saturated heterocycles. The Kier molecular flexibility index (Phi) is 6.42. The third-order valence-corrected chi connectivity index (χ3v) is 8.40. The predicted octanol–water partition coefficient (Wildman–Crippen LogP) is 3.58. The second-order valence-corrected chi connectivity index (χ2v) is 11.5. The molecule has 2 heterocycles. The van der Waals surface area contributed by atoms with Crippen molar-refractivity contribution in [3.63, 3.8) is 0 Å². The van der Waals surface area contributed by atoms with Crippen LogP contribution in [-0.2, 0) is 34.1 Å². The molecule has 1 unspecified atom stereocenters. The van der Waals surface area contributed by atoms with E-state index < -0.39 is 15.9 Å². The van der Waals surface area contributed by atoms with Crippen LogP contribution in [0, 0.1) is 5.82 Å². The Morgan fingerprint density at radius 2 is 1.89 bits per heavy atom. The summed E-state index contributed by atoms with van der Waals surface area (Å²) in [6, 6.07) is 6.66. The Bertz CT molecular complexity index is 1420. The Morgan fingerprint density at radius 3 is 2.56 bits per heavy atom. The lowest BCUT2D eigenvalue weighted by Gasteiger charge is -2.20. The zero-order valence-corrected chi connectivity index (χ0v) is 21.5. The van der Waals surface area contributed by atoms with Gasteiger partial charge in [0.15, 0.2) is 5.03 Å². The van der Waals surface area contributed by atoms with Gasteiger partial charge in [0.05, 0.1) is 18.2 Å². The van der Waals surface area contributed by atoms with Gasteiger partial charge in [0.1, 0.15) is 5.82 Å². The van der Waals surface area contributed by atoms with E-state index in [2.05, 4.69) is 14.8 Å². The largest absolute Gasteiger partial charge is 0.301 e. The van der Waals surface area contributed by atoms with Crippen molar-refractivity contribution in [2.24, 2.45) is 0 Å². The molecule has 190 valence electrons. The van der Waals surface area contributed by atoms with E-state index >= 15 is 0 Å². The second kappa shape index (κ2) is 9.40. The van der Waals surface area contributed by atoms with Crippen LogP contribution in [0.25, 0.3) is 11.1 Å². The van der Waals surface area contributed by atoms with Crippen LogP contribution >= 0.6 is 0 Å². The van der Waals surface area contributed by atoms with E-state index in [1.165, 1.54) is 6.07 Å². The molecule has 8 nitrogen and oxygen atoms in total. The van der Waals surface area contributed by atoms with Crippen molar-refractivity contribution >= 4 is 15.9 Å².